The summed E-state index contributed by atoms with van der Waals surface area (Å²) in [6.07, 6.45) is 5.78. The topological polar surface area (TPSA) is 107 Å². The first kappa shape index (κ1) is 19.0. The smallest absolute Gasteiger partial charge is 0.359 e. The third-order valence-electron chi connectivity index (χ3n) is 3.24. The highest BCUT2D eigenvalue weighted by atomic mass is 16.5. The third-order valence-corrected chi connectivity index (χ3v) is 3.24. The van der Waals surface area contributed by atoms with Crippen LogP contribution in [0, 0.1) is 0 Å². The van der Waals surface area contributed by atoms with Crippen LogP contribution in [0.3, 0.4) is 0 Å². The third kappa shape index (κ3) is 5.97. The molecule has 0 aliphatic rings. The van der Waals surface area contributed by atoms with Gasteiger partial charge >= 0.3 is 11.9 Å². The Hall–Kier alpha value is -3.29. The molecule has 2 aromatic rings. The molecule has 0 saturated heterocycles. The van der Waals surface area contributed by atoms with E-state index < -0.39 is 24.5 Å². The number of nitrogens with one attached hydrogen (secondary N) is 1. The fourth-order valence-corrected chi connectivity index (χ4v) is 1.89. The maximum Gasteiger partial charge on any atom is 0.359 e. The monoisotopic (exact) mass is 357 g/mol. The molecule has 26 heavy (non-hydrogen) atoms. The number of amides is 1. The van der Waals surface area contributed by atoms with Crippen molar-refractivity contribution < 1.29 is 23.9 Å². The SMILES string of the molecule is CCCCOC(=O)c1ccc(NC(=O)COC(=O)c2cnccn2)cc1. The van der Waals surface area contributed by atoms with E-state index in [9.17, 15) is 14.4 Å². The van der Waals surface area contributed by atoms with Crippen molar-refractivity contribution in [2.45, 2.75) is 19.8 Å². The number of ether oxygens (including phenoxy) is 2. The van der Waals surface area contributed by atoms with Gasteiger partial charge in [-0.1, -0.05) is 13.3 Å². The average molecular weight is 357 g/mol. The number of nitrogens with zero attached hydrogens (tertiary/aromatic N) is 2. The van der Waals surface area contributed by atoms with Gasteiger partial charge in [-0.05, 0) is 30.7 Å². The fraction of sp³-hybridized carbons (Fsp3) is 0.278. The molecule has 1 N–H and O–H groups in total. The lowest BCUT2D eigenvalue weighted by Gasteiger charge is -2.07. The number of carbonyl (C=O) groups is 3. The molecule has 2 rings (SSSR count). The van der Waals surface area contributed by atoms with Gasteiger partial charge in [0.25, 0.3) is 5.91 Å². The van der Waals surface area contributed by atoms with E-state index in [0.29, 0.717) is 17.9 Å². The minimum Gasteiger partial charge on any atom is -0.462 e. The Morgan fingerprint density at radius 1 is 1.04 bits per heavy atom. The number of anilines is 1. The zero-order valence-electron chi connectivity index (χ0n) is 14.3. The molecule has 0 unspecified atom stereocenters. The molecule has 136 valence electrons. The predicted molar refractivity (Wildman–Crippen MR) is 92.6 cm³/mol. The van der Waals surface area contributed by atoms with E-state index in [-0.39, 0.29) is 5.69 Å². The van der Waals surface area contributed by atoms with E-state index in [1.807, 2.05) is 6.92 Å². The van der Waals surface area contributed by atoms with Crippen LogP contribution in [-0.2, 0) is 14.3 Å². The van der Waals surface area contributed by atoms with E-state index in [4.69, 9.17) is 9.47 Å². The van der Waals surface area contributed by atoms with Crippen LogP contribution in [0.25, 0.3) is 0 Å². The molecule has 0 aliphatic carbocycles. The quantitative estimate of drug-likeness (QED) is 0.570. The first-order valence-electron chi connectivity index (χ1n) is 8.10. The van der Waals surface area contributed by atoms with E-state index in [1.54, 1.807) is 24.3 Å². The summed E-state index contributed by atoms with van der Waals surface area (Å²) >= 11 is 0. The summed E-state index contributed by atoms with van der Waals surface area (Å²) in [4.78, 5) is 42.8. The van der Waals surface area contributed by atoms with Crippen molar-refractivity contribution in [3.8, 4) is 0 Å². The fourth-order valence-electron chi connectivity index (χ4n) is 1.89. The second-order valence-electron chi connectivity index (χ2n) is 5.28. The van der Waals surface area contributed by atoms with E-state index in [0.717, 1.165) is 12.8 Å². The normalized spacial score (nSPS) is 10.0. The summed E-state index contributed by atoms with van der Waals surface area (Å²) in [5, 5.41) is 2.56. The summed E-state index contributed by atoms with van der Waals surface area (Å²) in [6, 6.07) is 6.24. The first-order chi connectivity index (χ1) is 12.6. The van der Waals surface area contributed by atoms with Crippen LogP contribution < -0.4 is 5.32 Å². The molecule has 8 nitrogen and oxygen atoms in total. The molecule has 1 aromatic heterocycles. The molecule has 0 radical (unpaired) electrons. The second-order valence-corrected chi connectivity index (χ2v) is 5.28. The number of benzene rings is 1. The van der Waals surface area contributed by atoms with Crippen molar-refractivity contribution in [3.63, 3.8) is 0 Å². The Kier molecular flexibility index (Phi) is 7.23. The first-order valence-corrected chi connectivity index (χ1v) is 8.10. The number of hydrogen-bond acceptors (Lipinski definition) is 7. The van der Waals surface area contributed by atoms with Gasteiger partial charge in [0.2, 0.25) is 0 Å². The number of carbonyl (C=O) groups excluding carboxylic acids is 3. The predicted octanol–water partition coefficient (Wildman–Crippen LogP) is 2.23. The minimum absolute atomic E-state index is 0.0197. The van der Waals surface area contributed by atoms with E-state index in [1.165, 1.54) is 18.6 Å². The van der Waals surface area contributed by atoms with E-state index in [2.05, 4.69) is 15.3 Å². The average Bonchev–Trinajstić information content (AvgIpc) is 2.67. The number of esters is 2. The standard InChI is InChI=1S/C18H19N3O5/c1-2-3-10-25-17(23)13-4-6-14(7-5-13)21-16(22)12-26-18(24)15-11-19-8-9-20-15/h4-9,11H,2-3,10,12H2,1H3,(H,21,22). The number of aromatic nitrogens is 2. The Morgan fingerprint density at radius 3 is 2.46 bits per heavy atom. The van der Waals surface area contributed by atoms with Crippen molar-refractivity contribution >= 4 is 23.5 Å². The molecule has 0 saturated carbocycles. The lowest BCUT2D eigenvalue weighted by molar-refractivity contribution is -0.119. The van der Waals surface area contributed by atoms with Crippen LogP contribution in [0.5, 0.6) is 0 Å². The number of rotatable bonds is 8. The molecule has 0 aliphatic heterocycles. The molecule has 0 spiro atoms. The maximum atomic E-state index is 11.8. The van der Waals surface area contributed by atoms with Crippen LogP contribution in [0.2, 0.25) is 0 Å². The van der Waals surface area contributed by atoms with Gasteiger partial charge in [-0.3, -0.25) is 9.78 Å². The molecule has 1 heterocycles. The Labute approximate surface area is 150 Å². The highest BCUT2D eigenvalue weighted by Gasteiger charge is 2.12. The van der Waals surface area contributed by atoms with Crippen molar-refractivity contribution in [1.29, 1.82) is 0 Å². The molecule has 1 aromatic carbocycles. The minimum atomic E-state index is -0.738. The van der Waals surface area contributed by atoms with Crippen molar-refractivity contribution in [2.24, 2.45) is 0 Å². The Balaban J connectivity index is 1.80. The van der Waals surface area contributed by atoms with Gasteiger partial charge in [-0.15, -0.1) is 0 Å². The van der Waals surface area contributed by atoms with Gasteiger partial charge in [0.1, 0.15) is 0 Å². The summed E-state index contributed by atoms with van der Waals surface area (Å²) < 4.78 is 9.95. The van der Waals surface area contributed by atoms with Crippen molar-refractivity contribution in [1.82, 2.24) is 9.97 Å². The van der Waals surface area contributed by atoms with Gasteiger partial charge in [-0.25, -0.2) is 14.6 Å². The van der Waals surface area contributed by atoms with Crippen LogP contribution >= 0.6 is 0 Å². The lowest BCUT2D eigenvalue weighted by atomic mass is 10.2. The van der Waals surface area contributed by atoms with Gasteiger partial charge in [0.05, 0.1) is 18.4 Å². The van der Waals surface area contributed by atoms with Crippen LogP contribution in [0.15, 0.2) is 42.9 Å². The summed E-state index contributed by atoms with van der Waals surface area (Å²) in [5.74, 6) is -1.66. The Morgan fingerprint density at radius 2 is 1.81 bits per heavy atom. The van der Waals surface area contributed by atoms with Crippen LogP contribution in [0.4, 0.5) is 5.69 Å². The molecule has 0 bridgehead atoms. The molecule has 8 heteroatoms. The van der Waals surface area contributed by atoms with Gasteiger partial charge in [-0.2, -0.15) is 0 Å². The van der Waals surface area contributed by atoms with Crippen molar-refractivity contribution in [2.75, 3.05) is 18.5 Å². The second kappa shape index (κ2) is 9.87. The van der Waals surface area contributed by atoms with Gasteiger partial charge < -0.3 is 14.8 Å². The molecular formula is C18H19N3O5. The zero-order valence-corrected chi connectivity index (χ0v) is 14.3. The van der Waals surface area contributed by atoms with Gasteiger partial charge in [0, 0.05) is 18.1 Å². The van der Waals surface area contributed by atoms with Crippen LogP contribution in [0.1, 0.15) is 40.6 Å². The summed E-state index contributed by atoms with van der Waals surface area (Å²) in [6.45, 7) is 1.93. The molecule has 1 amide bonds. The van der Waals surface area contributed by atoms with Crippen molar-refractivity contribution in [3.05, 3.63) is 54.1 Å². The highest BCUT2D eigenvalue weighted by Crippen LogP contribution is 2.11. The van der Waals surface area contributed by atoms with E-state index >= 15 is 0 Å². The highest BCUT2D eigenvalue weighted by molar-refractivity contribution is 5.95. The maximum absolute atomic E-state index is 11.8. The largest absolute Gasteiger partial charge is 0.462 e. The molecule has 0 fully saturated rings. The van der Waals surface area contributed by atoms with Crippen LogP contribution in [-0.4, -0.2) is 41.0 Å². The number of hydrogen-bond donors (Lipinski definition) is 1. The lowest BCUT2D eigenvalue weighted by Crippen LogP contribution is -2.21. The molecule has 0 atom stereocenters. The summed E-state index contributed by atoms with van der Waals surface area (Å²) in [5.41, 5.74) is 0.884. The molecular weight excluding hydrogens is 338 g/mol. The summed E-state index contributed by atoms with van der Waals surface area (Å²) in [7, 11) is 0. The Bertz CT molecular complexity index is 747. The zero-order chi connectivity index (χ0) is 18.8. The van der Waals surface area contributed by atoms with Gasteiger partial charge in [0.15, 0.2) is 12.3 Å². The number of unbranched alkanes of at least 4 members (excludes halogenated alkanes) is 1.